The van der Waals surface area contributed by atoms with Crippen LogP contribution in [0.25, 0.3) is 0 Å². The van der Waals surface area contributed by atoms with Crippen LogP contribution in [0.15, 0.2) is 182 Å². The molecule has 0 aliphatic heterocycles. The summed E-state index contributed by atoms with van der Waals surface area (Å²) in [5.41, 5.74) is 0. The van der Waals surface area contributed by atoms with Crippen LogP contribution in [-0.2, 0) is 55.8 Å². The summed E-state index contributed by atoms with van der Waals surface area (Å²) in [4.78, 5) is 58.8. The van der Waals surface area contributed by atoms with Gasteiger partial charge in [-0.25, -0.2) is 9.13 Å². The van der Waals surface area contributed by atoms with Crippen LogP contribution in [0.4, 0.5) is 0 Å². The summed E-state index contributed by atoms with van der Waals surface area (Å²) >= 11 is 0. The van der Waals surface area contributed by atoms with Gasteiger partial charge < -0.3 is 34.2 Å². The van der Waals surface area contributed by atoms with Crippen LogP contribution in [0.5, 0.6) is 0 Å². The first-order valence-electron chi connectivity index (χ1n) is 45.1. The minimum absolute atomic E-state index is 0.0183. The van der Waals surface area contributed by atoms with Crippen molar-refractivity contribution in [1.82, 2.24) is 0 Å². The Morgan fingerprint density at radius 1 is 0.252 bits per heavy atom. The summed E-state index contributed by atoms with van der Waals surface area (Å²) in [6.07, 6.45) is 115. The van der Waals surface area contributed by atoms with E-state index in [0.717, 1.165) is 154 Å². The Balaban J connectivity index is 4.52. The van der Waals surface area contributed by atoms with Gasteiger partial charge in [-0.3, -0.25) is 32.5 Å². The van der Waals surface area contributed by atoms with E-state index >= 15 is 0 Å². The molecule has 0 rings (SSSR count). The lowest BCUT2D eigenvalue weighted by Crippen LogP contribution is -2.30. The molecular formula is C97H162O16P2. The summed E-state index contributed by atoms with van der Waals surface area (Å²) in [6.45, 7) is 2.36. The lowest BCUT2D eigenvalue weighted by Gasteiger charge is -2.21. The number of allylic oxidation sites excluding steroid dienone is 30. The van der Waals surface area contributed by atoms with Crippen molar-refractivity contribution in [1.29, 1.82) is 0 Å². The number of rotatable bonds is 84. The molecule has 0 aliphatic carbocycles. The normalized spacial score (nSPS) is 14.7. The second kappa shape index (κ2) is 87.9. The third-order valence-electron chi connectivity index (χ3n) is 18.6. The quantitative estimate of drug-likeness (QED) is 0.0146. The molecule has 18 heteroatoms. The predicted octanol–water partition coefficient (Wildman–Crippen LogP) is 27.7. The SMILES string of the molecule is CC/C=C\C/C=C\C/C=C\C/C=C\C/C=C\C/C=C\CCCCCCCCCCC(=O)OCC(COP(=O)(O)OCC(O)COP(=O)(O)OCC(O)COC(=O)CCCCCCCCCCCCCCCCCCCCC/C=C\C/C=C\C/C=C\C/C=C\CCCCC)OC(=O)CCC/C=C\C/C=C\C/C=C\C/C=C\C/C=C\CC. The van der Waals surface area contributed by atoms with Gasteiger partial charge in [0.05, 0.1) is 26.4 Å². The highest BCUT2D eigenvalue weighted by atomic mass is 31.2. The maximum atomic E-state index is 13.0. The molecule has 0 saturated heterocycles. The molecule has 4 N–H and O–H groups in total. The van der Waals surface area contributed by atoms with Gasteiger partial charge in [0.2, 0.25) is 0 Å². The van der Waals surface area contributed by atoms with Gasteiger partial charge in [0.15, 0.2) is 6.10 Å². The summed E-state index contributed by atoms with van der Waals surface area (Å²) in [5.74, 6) is -1.65. The zero-order chi connectivity index (χ0) is 83.6. The van der Waals surface area contributed by atoms with Crippen LogP contribution in [0, 0.1) is 0 Å². The van der Waals surface area contributed by atoms with E-state index in [2.05, 4.69) is 191 Å². The zero-order valence-corrected chi connectivity index (χ0v) is 73.9. The van der Waals surface area contributed by atoms with Gasteiger partial charge >= 0.3 is 33.6 Å². The van der Waals surface area contributed by atoms with Crippen molar-refractivity contribution in [2.45, 2.75) is 373 Å². The van der Waals surface area contributed by atoms with E-state index in [-0.39, 0.29) is 19.3 Å². The molecule has 5 unspecified atom stereocenters. The molecule has 115 heavy (non-hydrogen) atoms. The van der Waals surface area contributed by atoms with E-state index in [1.165, 1.54) is 135 Å². The van der Waals surface area contributed by atoms with Gasteiger partial charge in [0.1, 0.15) is 25.4 Å². The maximum Gasteiger partial charge on any atom is 0.472 e. The topological polar surface area (TPSA) is 231 Å². The number of ether oxygens (including phenoxy) is 3. The molecule has 656 valence electrons. The van der Waals surface area contributed by atoms with Crippen molar-refractivity contribution in [3.05, 3.63) is 182 Å². The van der Waals surface area contributed by atoms with Crippen molar-refractivity contribution < 1.29 is 75.8 Å². The number of carbonyl (C=O) groups is 3. The molecule has 0 aromatic carbocycles. The van der Waals surface area contributed by atoms with E-state index in [0.29, 0.717) is 25.7 Å². The lowest BCUT2D eigenvalue weighted by molar-refractivity contribution is -0.161. The zero-order valence-electron chi connectivity index (χ0n) is 72.1. The highest BCUT2D eigenvalue weighted by Gasteiger charge is 2.29. The fourth-order valence-electron chi connectivity index (χ4n) is 11.8. The van der Waals surface area contributed by atoms with Crippen molar-refractivity contribution in [3.63, 3.8) is 0 Å². The third kappa shape index (κ3) is 89.3. The van der Waals surface area contributed by atoms with Crippen molar-refractivity contribution in [3.8, 4) is 0 Å². The number of aliphatic hydroxyl groups is 2. The Bertz CT molecular complexity index is 2820. The molecule has 0 bridgehead atoms. The van der Waals surface area contributed by atoms with Crippen molar-refractivity contribution in [2.24, 2.45) is 0 Å². The van der Waals surface area contributed by atoms with Crippen LogP contribution in [0.3, 0.4) is 0 Å². The largest absolute Gasteiger partial charge is 0.472 e. The van der Waals surface area contributed by atoms with Gasteiger partial charge in [0.25, 0.3) is 0 Å². The molecule has 0 aliphatic rings. The molecule has 0 spiro atoms. The Morgan fingerprint density at radius 3 is 0.757 bits per heavy atom. The first-order chi connectivity index (χ1) is 56.2. The number of hydrogen-bond acceptors (Lipinski definition) is 14. The number of hydrogen-bond donors (Lipinski definition) is 4. The van der Waals surface area contributed by atoms with Gasteiger partial charge in [-0.05, 0) is 154 Å². The first kappa shape index (κ1) is 110. The molecule has 0 radical (unpaired) electrons. The van der Waals surface area contributed by atoms with Crippen molar-refractivity contribution in [2.75, 3.05) is 39.6 Å². The Morgan fingerprint density at radius 2 is 0.470 bits per heavy atom. The second-order valence-electron chi connectivity index (χ2n) is 29.6. The average Bonchev–Trinajstić information content (AvgIpc) is 0.872. The second-order valence-corrected chi connectivity index (χ2v) is 32.5. The average molecular weight is 1650 g/mol. The first-order valence-corrected chi connectivity index (χ1v) is 48.1. The molecule has 0 aromatic rings. The summed E-state index contributed by atoms with van der Waals surface area (Å²) in [5, 5.41) is 20.7. The number of phosphoric acid groups is 2. The van der Waals surface area contributed by atoms with Gasteiger partial charge in [-0.1, -0.05) is 364 Å². The van der Waals surface area contributed by atoms with Gasteiger partial charge in [0, 0.05) is 19.3 Å². The molecule has 16 nitrogen and oxygen atoms in total. The van der Waals surface area contributed by atoms with Crippen LogP contribution >= 0.6 is 15.6 Å². The maximum absolute atomic E-state index is 13.0. The van der Waals surface area contributed by atoms with Crippen LogP contribution < -0.4 is 0 Å². The Labute approximate surface area is 700 Å². The minimum atomic E-state index is -4.96. The molecule has 0 aromatic heterocycles. The standard InChI is InChI=1S/C97H162O16P2/c1-4-7-10-13-16-19-22-25-28-31-33-35-37-39-41-42-43-44-45-46-47-48-50-52-53-55-57-60-62-65-68-71-74-77-80-83-95(100)107-86-92(98)87-109-114(103,104)110-88-93(99)89-111-115(105,106)112-91-94(113-97(102)85-82-79-76-73-70-67-64-59-30-27-24-21-18-15-12-9-6-3)90-108-96(101)84-81-78-75-72-69-66-63-61-58-56-54-51-49-40-38-36-34-32-29-26-23-20-17-14-11-8-5-2/h8-9,11-12,16-21,25-30,33-36,39-41,49,54,56,64,67,73,76,92-94,98-99H,4-7,10,13-15,22-24,31-32,37-38,42-48,50-53,55,57-63,65-66,68-72,74-75,77-91H2,1-3H3,(H,103,104)(H,105,106)/b11-8-,12-9-,19-16-,20-17-,21-18-,28-25-,29-26-,30-27-,35-33-,36-34-,41-39-,49-40-,56-54-,67-64-,76-73-. The molecule has 0 saturated carbocycles. The monoisotopic (exact) mass is 1650 g/mol. The highest BCUT2D eigenvalue weighted by molar-refractivity contribution is 7.47. The lowest BCUT2D eigenvalue weighted by atomic mass is 10.0. The fraction of sp³-hybridized carbons (Fsp3) is 0.660. The predicted molar refractivity (Wildman–Crippen MR) is 481 cm³/mol. The molecule has 0 fully saturated rings. The Hall–Kier alpha value is -5.35. The minimum Gasteiger partial charge on any atom is -0.463 e. The van der Waals surface area contributed by atoms with Crippen molar-refractivity contribution >= 4 is 33.6 Å². The number of esters is 3. The fourth-order valence-corrected chi connectivity index (χ4v) is 13.4. The molecule has 0 amide bonds. The number of aliphatic hydroxyl groups excluding tert-OH is 2. The number of phosphoric ester groups is 2. The highest BCUT2D eigenvalue weighted by Crippen LogP contribution is 2.45. The smallest absolute Gasteiger partial charge is 0.463 e. The number of carbonyl (C=O) groups excluding carboxylic acids is 3. The van der Waals surface area contributed by atoms with E-state index < -0.39 is 91.5 Å². The van der Waals surface area contributed by atoms with Gasteiger partial charge in [-0.2, -0.15) is 0 Å². The van der Waals surface area contributed by atoms with Crippen LogP contribution in [-0.4, -0.2) is 95.9 Å². The molecule has 0 heterocycles. The third-order valence-corrected chi connectivity index (χ3v) is 20.5. The van der Waals surface area contributed by atoms with Gasteiger partial charge in [-0.15, -0.1) is 0 Å². The van der Waals surface area contributed by atoms with E-state index in [1.54, 1.807) is 0 Å². The summed E-state index contributed by atoms with van der Waals surface area (Å²) in [6, 6.07) is 0. The summed E-state index contributed by atoms with van der Waals surface area (Å²) in [7, 11) is -9.83. The van der Waals surface area contributed by atoms with E-state index in [4.69, 9.17) is 32.3 Å². The molecular weight excluding hydrogens is 1480 g/mol. The summed E-state index contributed by atoms with van der Waals surface area (Å²) < 4.78 is 61.3. The van der Waals surface area contributed by atoms with Crippen LogP contribution in [0.1, 0.15) is 355 Å². The van der Waals surface area contributed by atoms with Crippen LogP contribution in [0.2, 0.25) is 0 Å². The van der Waals surface area contributed by atoms with E-state index in [9.17, 15) is 43.5 Å². The number of unbranched alkanes of at least 4 members (excludes halogenated alkanes) is 31. The molecule has 5 atom stereocenters. The Kier molecular flexibility index (Phi) is 83.9. The van der Waals surface area contributed by atoms with E-state index in [1.807, 2.05) is 12.2 Å².